The Morgan fingerprint density at radius 3 is 2.37 bits per heavy atom. The number of hydrogen-bond donors (Lipinski definition) is 1. The van der Waals surface area contributed by atoms with E-state index in [2.05, 4.69) is 4.98 Å². The number of carbonyl (C=O) groups excluding carboxylic acids is 1. The highest BCUT2D eigenvalue weighted by atomic mass is 16.5. The maximum absolute atomic E-state index is 12.8. The van der Waals surface area contributed by atoms with Gasteiger partial charge in [0.2, 0.25) is 0 Å². The SMILES string of the molecule is CN(C(=O)c1cc2ccc(OCc3ccccc3)cc2[nH]1)c1ccccc1. The van der Waals surface area contributed by atoms with Gasteiger partial charge in [-0.25, -0.2) is 0 Å². The average Bonchev–Trinajstić information content (AvgIpc) is 3.16. The zero-order valence-corrected chi connectivity index (χ0v) is 15.1. The van der Waals surface area contributed by atoms with Crippen LogP contribution in [0.2, 0.25) is 0 Å². The van der Waals surface area contributed by atoms with Crippen LogP contribution < -0.4 is 9.64 Å². The summed E-state index contributed by atoms with van der Waals surface area (Å²) in [4.78, 5) is 17.6. The molecule has 3 aromatic carbocycles. The summed E-state index contributed by atoms with van der Waals surface area (Å²) in [5.41, 5.74) is 3.40. The fourth-order valence-electron chi connectivity index (χ4n) is 3.00. The number of carbonyl (C=O) groups is 1. The van der Waals surface area contributed by atoms with Gasteiger partial charge in [0.25, 0.3) is 5.91 Å². The first-order valence-corrected chi connectivity index (χ1v) is 8.83. The minimum atomic E-state index is -0.0795. The number of amides is 1. The maximum atomic E-state index is 12.8. The molecule has 0 bridgehead atoms. The number of para-hydroxylation sites is 1. The lowest BCUT2D eigenvalue weighted by Gasteiger charge is -2.16. The highest BCUT2D eigenvalue weighted by molar-refractivity contribution is 6.07. The summed E-state index contributed by atoms with van der Waals surface area (Å²) in [5.74, 6) is 0.688. The highest BCUT2D eigenvalue weighted by Gasteiger charge is 2.16. The molecule has 0 saturated carbocycles. The van der Waals surface area contributed by atoms with Crippen LogP contribution in [0.15, 0.2) is 84.9 Å². The van der Waals surface area contributed by atoms with Crippen molar-refractivity contribution in [1.82, 2.24) is 4.98 Å². The van der Waals surface area contributed by atoms with Crippen LogP contribution in [0, 0.1) is 0 Å². The number of hydrogen-bond acceptors (Lipinski definition) is 2. The summed E-state index contributed by atoms with van der Waals surface area (Å²) in [6.45, 7) is 0.510. The average molecular weight is 356 g/mol. The number of nitrogens with one attached hydrogen (secondary N) is 1. The molecular formula is C23H20N2O2. The molecule has 0 aliphatic heterocycles. The molecular weight excluding hydrogens is 336 g/mol. The van der Waals surface area contributed by atoms with E-state index in [4.69, 9.17) is 4.74 Å². The Balaban J connectivity index is 1.53. The van der Waals surface area contributed by atoms with E-state index < -0.39 is 0 Å². The second-order valence-corrected chi connectivity index (χ2v) is 6.41. The van der Waals surface area contributed by atoms with Gasteiger partial charge in [0.15, 0.2) is 0 Å². The zero-order valence-electron chi connectivity index (χ0n) is 15.1. The first-order valence-electron chi connectivity index (χ1n) is 8.83. The lowest BCUT2D eigenvalue weighted by Crippen LogP contribution is -2.26. The van der Waals surface area contributed by atoms with Crippen molar-refractivity contribution in [2.24, 2.45) is 0 Å². The number of fused-ring (bicyclic) bond motifs is 1. The first kappa shape index (κ1) is 16.9. The second-order valence-electron chi connectivity index (χ2n) is 6.41. The third-order valence-corrected chi connectivity index (χ3v) is 4.52. The van der Waals surface area contributed by atoms with Crippen molar-refractivity contribution in [1.29, 1.82) is 0 Å². The molecule has 0 saturated heterocycles. The predicted molar refractivity (Wildman–Crippen MR) is 108 cm³/mol. The molecule has 0 atom stereocenters. The monoisotopic (exact) mass is 356 g/mol. The number of rotatable bonds is 5. The molecule has 1 heterocycles. The molecule has 1 N–H and O–H groups in total. The smallest absolute Gasteiger partial charge is 0.274 e. The molecule has 0 aliphatic carbocycles. The van der Waals surface area contributed by atoms with Crippen molar-refractivity contribution < 1.29 is 9.53 Å². The lowest BCUT2D eigenvalue weighted by molar-refractivity contribution is 0.0989. The molecule has 0 spiro atoms. The Labute approximate surface area is 158 Å². The molecule has 0 radical (unpaired) electrons. The van der Waals surface area contributed by atoms with Gasteiger partial charge in [-0.3, -0.25) is 4.79 Å². The first-order chi connectivity index (χ1) is 13.2. The molecule has 1 amide bonds. The minimum absolute atomic E-state index is 0.0795. The Morgan fingerprint density at radius 1 is 0.926 bits per heavy atom. The molecule has 1 aromatic heterocycles. The van der Waals surface area contributed by atoms with Crippen molar-refractivity contribution in [2.75, 3.05) is 11.9 Å². The summed E-state index contributed by atoms with van der Waals surface area (Å²) in [7, 11) is 1.78. The number of ether oxygens (including phenoxy) is 1. The van der Waals surface area contributed by atoms with Gasteiger partial charge in [0, 0.05) is 29.7 Å². The number of aromatic amines is 1. The highest BCUT2D eigenvalue weighted by Crippen LogP contribution is 2.24. The van der Waals surface area contributed by atoms with Gasteiger partial charge < -0.3 is 14.6 Å². The van der Waals surface area contributed by atoms with Crippen LogP contribution in [0.5, 0.6) is 5.75 Å². The van der Waals surface area contributed by atoms with Crippen LogP contribution in [0.4, 0.5) is 5.69 Å². The van der Waals surface area contributed by atoms with Crippen molar-refractivity contribution >= 4 is 22.5 Å². The van der Waals surface area contributed by atoms with Crippen molar-refractivity contribution in [2.45, 2.75) is 6.61 Å². The van der Waals surface area contributed by atoms with Gasteiger partial charge in [-0.1, -0.05) is 48.5 Å². The summed E-state index contributed by atoms with van der Waals surface area (Å²) >= 11 is 0. The summed E-state index contributed by atoms with van der Waals surface area (Å²) in [5, 5.41) is 0.979. The van der Waals surface area contributed by atoms with E-state index in [0.29, 0.717) is 12.3 Å². The molecule has 0 unspecified atom stereocenters. The third kappa shape index (κ3) is 3.70. The molecule has 0 aliphatic rings. The fourth-order valence-corrected chi connectivity index (χ4v) is 3.00. The van der Waals surface area contributed by atoms with Gasteiger partial charge in [0.1, 0.15) is 18.1 Å². The quantitative estimate of drug-likeness (QED) is 0.545. The van der Waals surface area contributed by atoms with Gasteiger partial charge in [-0.2, -0.15) is 0 Å². The van der Waals surface area contributed by atoms with E-state index in [1.54, 1.807) is 11.9 Å². The zero-order chi connectivity index (χ0) is 18.6. The number of H-pyrrole nitrogens is 1. The lowest BCUT2D eigenvalue weighted by atomic mass is 10.2. The Hall–Kier alpha value is -3.53. The predicted octanol–water partition coefficient (Wildman–Crippen LogP) is 5.02. The molecule has 4 rings (SSSR count). The van der Waals surface area contributed by atoms with Crippen LogP contribution in [0.1, 0.15) is 16.1 Å². The Bertz CT molecular complexity index is 1060. The standard InChI is InChI=1S/C23H20N2O2/c1-25(19-10-6-3-7-11-19)23(26)22-14-18-12-13-20(15-21(18)24-22)27-16-17-8-4-2-5-9-17/h2-15,24H,16H2,1H3. The summed E-state index contributed by atoms with van der Waals surface area (Å²) < 4.78 is 5.87. The van der Waals surface area contributed by atoms with Gasteiger partial charge in [-0.05, 0) is 35.9 Å². The topological polar surface area (TPSA) is 45.3 Å². The van der Waals surface area contributed by atoms with Crippen molar-refractivity contribution in [3.05, 3.63) is 96.2 Å². The molecule has 4 aromatic rings. The van der Waals surface area contributed by atoms with Crippen LogP contribution in [0.25, 0.3) is 10.9 Å². The van der Waals surface area contributed by atoms with Crippen molar-refractivity contribution in [3.63, 3.8) is 0 Å². The third-order valence-electron chi connectivity index (χ3n) is 4.52. The van der Waals surface area contributed by atoms with Gasteiger partial charge >= 0.3 is 0 Å². The van der Waals surface area contributed by atoms with Crippen molar-refractivity contribution in [3.8, 4) is 5.75 Å². The Morgan fingerprint density at radius 2 is 1.63 bits per heavy atom. The van der Waals surface area contributed by atoms with Crippen LogP contribution >= 0.6 is 0 Å². The van der Waals surface area contributed by atoms with E-state index in [1.165, 1.54) is 0 Å². The van der Waals surface area contributed by atoms with Gasteiger partial charge in [0.05, 0.1) is 0 Å². The normalized spacial score (nSPS) is 10.7. The van der Waals surface area contributed by atoms with E-state index >= 15 is 0 Å². The molecule has 27 heavy (non-hydrogen) atoms. The molecule has 4 nitrogen and oxygen atoms in total. The Kier molecular flexibility index (Phi) is 4.62. The maximum Gasteiger partial charge on any atom is 0.274 e. The van der Waals surface area contributed by atoms with E-state index in [9.17, 15) is 4.79 Å². The van der Waals surface area contributed by atoms with Crippen LogP contribution in [-0.2, 0) is 6.61 Å². The van der Waals surface area contributed by atoms with E-state index in [0.717, 1.165) is 27.9 Å². The number of nitrogens with zero attached hydrogens (tertiary/aromatic N) is 1. The van der Waals surface area contributed by atoms with Gasteiger partial charge in [-0.15, -0.1) is 0 Å². The van der Waals surface area contributed by atoms with E-state index in [-0.39, 0.29) is 5.91 Å². The number of aromatic nitrogens is 1. The molecule has 0 fully saturated rings. The second kappa shape index (κ2) is 7.38. The van der Waals surface area contributed by atoms with E-state index in [1.807, 2.05) is 84.9 Å². The molecule has 134 valence electrons. The van der Waals surface area contributed by atoms with Crippen LogP contribution in [0.3, 0.4) is 0 Å². The van der Waals surface area contributed by atoms with Crippen LogP contribution in [-0.4, -0.2) is 17.9 Å². The summed E-state index contributed by atoms with van der Waals surface area (Å²) in [6.07, 6.45) is 0. The largest absolute Gasteiger partial charge is 0.489 e. The minimum Gasteiger partial charge on any atom is -0.489 e. The fraction of sp³-hybridized carbons (Fsp3) is 0.0870. The summed E-state index contributed by atoms with van der Waals surface area (Å²) in [6, 6.07) is 27.3. The molecule has 4 heteroatoms. The number of benzene rings is 3. The number of anilines is 1.